The van der Waals surface area contributed by atoms with Gasteiger partial charge in [0, 0.05) is 11.1 Å². The summed E-state index contributed by atoms with van der Waals surface area (Å²) < 4.78 is 10.9. The molecule has 32 heavy (non-hydrogen) atoms. The molecule has 0 atom stereocenters. The number of hydrazone groups is 1. The normalized spacial score (nSPS) is 14.2. The molecule has 1 aliphatic rings. The Morgan fingerprint density at radius 2 is 1.69 bits per heavy atom. The first-order valence-electron chi connectivity index (χ1n) is 10.4. The molecule has 2 aromatic carbocycles. The fraction of sp³-hybridized carbons (Fsp3) is 0.348. The third-order valence-corrected chi connectivity index (χ3v) is 5.41. The lowest BCUT2D eigenvalue weighted by atomic mass is 9.95. The first-order chi connectivity index (χ1) is 15.5. The quantitative estimate of drug-likeness (QED) is 0.414. The van der Waals surface area contributed by atoms with Crippen LogP contribution >= 0.6 is 23.2 Å². The molecule has 9 heteroatoms. The third kappa shape index (κ3) is 8.05. The maximum Gasteiger partial charge on any atom is 0.277 e. The van der Waals surface area contributed by atoms with Crippen LogP contribution in [-0.2, 0) is 9.59 Å². The van der Waals surface area contributed by atoms with Crippen LogP contribution in [0, 0.1) is 0 Å². The third-order valence-electron chi connectivity index (χ3n) is 4.88. The molecule has 0 spiro atoms. The first-order valence-corrected chi connectivity index (χ1v) is 11.2. The molecule has 0 unspecified atom stereocenters. The van der Waals surface area contributed by atoms with Crippen molar-refractivity contribution in [2.45, 2.75) is 38.1 Å². The zero-order valence-corrected chi connectivity index (χ0v) is 19.0. The Bertz CT molecular complexity index is 945. The van der Waals surface area contributed by atoms with E-state index in [1.165, 1.54) is 31.5 Å². The Labute approximate surface area is 197 Å². The number of carbonyl (C=O) groups is 2. The lowest BCUT2D eigenvalue weighted by Crippen LogP contribution is -2.38. The second kappa shape index (κ2) is 12.3. The minimum atomic E-state index is -0.434. The van der Waals surface area contributed by atoms with Crippen molar-refractivity contribution in [1.82, 2.24) is 10.7 Å². The summed E-state index contributed by atoms with van der Waals surface area (Å²) in [5.41, 5.74) is 3.13. The predicted molar refractivity (Wildman–Crippen MR) is 125 cm³/mol. The number of nitrogens with one attached hydrogen (secondary N) is 2. The van der Waals surface area contributed by atoms with E-state index in [-0.39, 0.29) is 25.2 Å². The van der Waals surface area contributed by atoms with Gasteiger partial charge in [-0.05, 0) is 60.9 Å². The summed E-state index contributed by atoms with van der Waals surface area (Å²) in [6, 6.07) is 12.0. The van der Waals surface area contributed by atoms with Gasteiger partial charge in [-0.3, -0.25) is 9.59 Å². The summed E-state index contributed by atoms with van der Waals surface area (Å²) in [7, 11) is 0. The summed E-state index contributed by atoms with van der Waals surface area (Å²) in [6.45, 7) is -0.258. The van der Waals surface area contributed by atoms with Crippen LogP contribution in [-0.4, -0.2) is 37.3 Å². The molecule has 3 rings (SSSR count). The van der Waals surface area contributed by atoms with Crippen molar-refractivity contribution in [3.05, 3.63) is 58.1 Å². The molecule has 1 aliphatic carbocycles. The van der Waals surface area contributed by atoms with E-state index in [1.54, 1.807) is 36.4 Å². The van der Waals surface area contributed by atoms with Crippen molar-refractivity contribution in [1.29, 1.82) is 0 Å². The summed E-state index contributed by atoms with van der Waals surface area (Å²) >= 11 is 11.8. The molecule has 7 nitrogen and oxygen atoms in total. The van der Waals surface area contributed by atoms with Gasteiger partial charge in [0.15, 0.2) is 13.2 Å². The molecule has 2 amide bonds. The lowest BCUT2D eigenvalue weighted by Gasteiger charge is -2.22. The van der Waals surface area contributed by atoms with Crippen LogP contribution in [0.15, 0.2) is 47.6 Å². The van der Waals surface area contributed by atoms with E-state index in [4.69, 9.17) is 32.7 Å². The Morgan fingerprint density at radius 1 is 0.969 bits per heavy atom. The average molecular weight is 478 g/mol. The number of amides is 2. The largest absolute Gasteiger partial charge is 0.484 e. The fourth-order valence-corrected chi connectivity index (χ4v) is 3.72. The van der Waals surface area contributed by atoms with E-state index in [0.717, 1.165) is 18.4 Å². The van der Waals surface area contributed by atoms with Crippen molar-refractivity contribution >= 4 is 41.2 Å². The van der Waals surface area contributed by atoms with Crippen LogP contribution in [0.1, 0.15) is 37.7 Å². The van der Waals surface area contributed by atoms with Gasteiger partial charge in [-0.25, -0.2) is 5.43 Å². The Balaban J connectivity index is 1.36. The number of hydrogen-bond acceptors (Lipinski definition) is 5. The molecule has 2 aromatic rings. The molecule has 1 fully saturated rings. The minimum Gasteiger partial charge on any atom is -0.484 e. The van der Waals surface area contributed by atoms with Gasteiger partial charge in [-0.1, -0.05) is 42.5 Å². The van der Waals surface area contributed by atoms with Crippen molar-refractivity contribution in [3.8, 4) is 11.5 Å². The number of rotatable bonds is 9. The van der Waals surface area contributed by atoms with Crippen LogP contribution in [0.3, 0.4) is 0 Å². The zero-order valence-electron chi connectivity index (χ0n) is 17.5. The molecule has 0 radical (unpaired) electrons. The summed E-state index contributed by atoms with van der Waals surface area (Å²) in [5, 5.41) is 7.72. The molecule has 1 saturated carbocycles. The molecule has 2 N–H and O–H groups in total. The maximum absolute atomic E-state index is 12.0. The molecular formula is C23H25Cl2N3O4. The highest BCUT2D eigenvalue weighted by molar-refractivity contribution is 6.35. The van der Waals surface area contributed by atoms with Gasteiger partial charge < -0.3 is 14.8 Å². The second-order valence-corrected chi connectivity index (χ2v) is 8.26. The molecule has 0 heterocycles. The summed E-state index contributed by atoms with van der Waals surface area (Å²) in [4.78, 5) is 23.9. The number of halogens is 2. The van der Waals surface area contributed by atoms with E-state index in [0.29, 0.717) is 21.5 Å². The maximum atomic E-state index is 12.0. The highest BCUT2D eigenvalue weighted by atomic mass is 35.5. The van der Waals surface area contributed by atoms with Gasteiger partial charge in [-0.2, -0.15) is 5.10 Å². The van der Waals surface area contributed by atoms with E-state index in [2.05, 4.69) is 15.8 Å². The van der Waals surface area contributed by atoms with E-state index in [1.807, 2.05) is 0 Å². The number of hydrogen-bond donors (Lipinski definition) is 2. The molecule has 0 bridgehead atoms. The highest BCUT2D eigenvalue weighted by Gasteiger charge is 2.15. The smallest absolute Gasteiger partial charge is 0.277 e. The number of carbonyl (C=O) groups excluding carboxylic acids is 2. The van der Waals surface area contributed by atoms with Gasteiger partial charge in [0.2, 0.25) is 0 Å². The van der Waals surface area contributed by atoms with E-state index < -0.39 is 5.91 Å². The second-order valence-electron chi connectivity index (χ2n) is 7.42. The number of ether oxygens (including phenoxy) is 2. The van der Waals surface area contributed by atoms with Crippen LogP contribution in [0.2, 0.25) is 10.0 Å². The number of nitrogens with zero attached hydrogens (tertiary/aromatic N) is 1. The predicted octanol–water partition coefficient (Wildman–Crippen LogP) is 4.35. The van der Waals surface area contributed by atoms with E-state index >= 15 is 0 Å². The molecule has 170 valence electrons. The Morgan fingerprint density at radius 3 is 2.41 bits per heavy atom. The van der Waals surface area contributed by atoms with Crippen molar-refractivity contribution < 1.29 is 19.1 Å². The van der Waals surface area contributed by atoms with Gasteiger partial charge >= 0.3 is 0 Å². The van der Waals surface area contributed by atoms with Crippen LogP contribution in [0.4, 0.5) is 0 Å². The first kappa shape index (κ1) is 23.9. The zero-order chi connectivity index (χ0) is 22.8. The fourth-order valence-electron chi connectivity index (χ4n) is 3.26. The number of benzene rings is 2. The summed E-state index contributed by atoms with van der Waals surface area (Å²) in [5.74, 6) is 0.403. The molecule has 0 saturated heterocycles. The standard InChI is InChI=1S/C23H25Cl2N3O4/c24-17-8-11-21(20(25)12-17)32-15-23(30)28-26-13-16-6-9-19(10-7-16)31-14-22(29)27-18-4-2-1-3-5-18/h6-13,18H,1-5,14-15H2,(H,27,29)(H,28,30)/b26-13-. The van der Waals surface area contributed by atoms with Crippen molar-refractivity contribution in [2.75, 3.05) is 13.2 Å². The SMILES string of the molecule is O=C(COc1ccc(Cl)cc1Cl)N/N=C\c1ccc(OCC(=O)NC2CCCCC2)cc1. The average Bonchev–Trinajstić information content (AvgIpc) is 2.79. The minimum absolute atomic E-state index is 0.0162. The van der Waals surface area contributed by atoms with Crippen LogP contribution in [0.25, 0.3) is 0 Å². The van der Waals surface area contributed by atoms with Gasteiger partial charge in [0.05, 0.1) is 11.2 Å². The lowest BCUT2D eigenvalue weighted by molar-refractivity contribution is -0.124. The Kier molecular flexibility index (Phi) is 9.19. The van der Waals surface area contributed by atoms with Crippen molar-refractivity contribution in [2.24, 2.45) is 5.10 Å². The Hall–Kier alpha value is -2.77. The van der Waals surface area contributed by atoms with Crippen molar-refractivity contribution in [3.63, 3.8) is 0 Å². The molecule has 0 aliphatic heterocycles. The molecule has 0 aromatic heterocycles. The molecular weight excluding hydrogens is 453 g/mol. The highest BCUT2D eigenvalue weighted by Crippen LogP contribution is 2.27. The van der Waals surface area contributed by atoms with Gasteiger partial charge in [0.1, 0.15) is 11.5 Å². The van der Waals surface area contributed by atoms with Gasteiger partial charge in [-0.15, -0.1) is 0 Å². The topological polar surface area (TPSA) is 89.0 Å². The van der Waals surface area contributed by atoms with Gasteiger partial charge in [0.25, 0.3) is 11.8 Å². The van der Waals surface area contributed by atoms with E-state index in [9.17, 15) is 9.59 Å². The van der Waals surface area contributed by atoms with Crippen LogP contribution < -0.4 is 20.2 Å². The monoisotopic (exact) mass is 477 g/mol. The van der Waals surface area contributed by atoms with Crippen LogP contribution in [0.5, 0.6) is 11.5 Å². The summed E-state index contributed by atoms with van der Waals surface area (Å²) in [6.07, 6.45) is 7.15.